The lowest BCUT2D eigenvalue weighted by atomic mass is 10.0. The molecular formula is C23H28N4O3. The number of nitrogens with zero attached hydrogens (tertiary/aromatic N) is 2. The molecule has 1 aliphatic heterocycles. The van der Waals surface area contributed by atoms with Crippen LogP contribution in [0.25, 0.3) is 0 Å². The second-order valence-corrected chi connectivity index (χ2v) is 7.21. The molecule has 0 saturated carbocycles. The summed E-state index contributed by atoms with van der Waals surface area (Å²) < 4.78 is 0. The first kappa shape index (κ1) is 21.4. The minimum atomic E-state index is -0.423. The first-order chi connectivity index (χ1) is 14.6. The molecule has 3 rings (SSSR count). The van der Waals surface area contributed by atoms with Gasteiger partial charge in [0.25, 0.3) is 5.91 Å². The molecule has 2 aromatic rings. The van der Waals surface area contributed by atoms with Crippen LogP contribution in [0.4, 0.5) is 4.79 Å². The number of urea groups is 1. The maximum atomic E-state index is 13.0. The van der Waals surface area contributed by atoms with Gasteiger partial charge >= 0.3 is 6.03 Å². The topological polar surface area (TPSA) is 81.8 Å². The number of benzene rings is 2. The van der Waals surface area contributed by atoms with Crippen LogP contribution in [0.3, 0.4) is 0 Å². The van der Waals surface area contributed by atoms with Gasteiger partial charge in [-0.25, -0.2) is 4.79 Å². The summed E-state index contributed by atoms with van der Waals surface area (Å²) >= 11 is 0. The lowest BCUT2D eigenvalue weighted by Crippen LogP contribution is -2.53. The third-order valence-corrected chi connectivity index (χ3v) is 5.17. The van der Waals surface area contributed by atoms with Crippen molar-refractivity contribution in [3.63, 3.8) is 0 Å². The number of hydrogen-bond acceptors (Lipinski definition) is 3. The van der Waals surface area contributed by atoms with Crippen LogP contribution in [0.1, 0.15) is 35.3 Å². The van der Waals surface area contributed by atoms with Gasteiger partial charge in [0.1, 0.15) is 0 Å². The van der Waals surface area contributed by atoms with Crippen LogP contribution in [-0.2, 0) is 4.79 Å². The van der Waals surface area contributed by atoms with Crippen molar-refractivity contribution >= 4 is 17.8 Å². The number of hydrogen-bond donors (Lipinski definition) is 2. The normalized spacial score (nSPS) is 14.7. The van der Waals surface area contributed by atoms with E-state index in [2.05, 4.69) is 10.6 Å². The average molecular weight is 409 g/mol. The molecule has 0 bridgehead atoms. The summed E-state index contributed by atoms with van der Waals surface area (Å²) in [4.78, 5) is 41.1. The van der Waals surface area contributed by atoms with E-state index < -0.39 is 6.04 Å². The van der Waals surface area contributed by atoms with Crippen LogP contribution >= 0.6 is 0 Å². The van der Waals surface area contributed by atoms with E-state index in [0.29, 0.717) is 38.3 Å². The van der Waals surface area contributed by atoms with Crippen molar-refractivity contribution in [1.82, 2.24) is 20.4 Å². The Kier molecular flexibility index (Phi) is 7.43. The maximum absolute atomic E-state index is 13.0. The highest BCUT2D eigenvalue weighted by Gasteiger charge is 2.27. The zero-order chi connectivity index (χ0) is 21.3. The standard InChI is InChI=1S/C23H28N4O3/c1-2-24-23(30)27-15-13-26(14-16-27)21(28)17-20(18-9-5-3-6-10-18)25-22(29)19-11-7-4-8-12-19/h3-12,20H,2,13-17H2,1H3,(H,24,30)(H,25,29). The third kappa shape index (κ3) is 5.59. The van der Waals surface area contributed by atoms with Crippen molar-refractivity contribution in [3.8, 4) is 0 Å². The lowest BCUT2D eigenvalue weighted by molar-refractivity contribution is -0.133. The Balaban J connectivity index is 1.64. The largest absolute Gasteiger partial charge is 0.345 e. The van der Waals surface area contributed by atoms with Crippen LogP contribution in [0, 0.1) is 0 Å². The van der Waals surface area contributed by atoms with Gasteiger partial charge in [-0.15, -0.1) is 0 Å². The molecule has 1 unspecified atom stereocenters. The van der Waals surface area contributed by atoms with E-state index in [4.69, 9.17) is 0 Å². The van der Waals surface area contributed by atoms with Gasteiger partial charge in [-0.3, -0.25) is 9.59 Å². The fraction of sp³-hybridized carbons (Fsp3) is 0.348. The lowest BCUT2D eigenvalue weighted by Gasteiger charge is -2.35. The fourth-order valence-electron chi connectivity index (χ4n) is 3.49. The summed E-state index contributed by atoms with van der Waals surface area (Å²) in [6.07, 6.45) is 0.170. The van der Waals surface area contributed by atoms with Crippen molar-refractivity contribution in [2.24, 2.45) is 0 Å². The van der Waals surface area contributed by atoms with Crippen LogP contribution in [0.5, 0.6) is 0 Å². The van der Waals surface area contributed by atoms with Gasteiger partial charge < -0.3 is 20.4 Å². The Labute approximate surface area is 177 Å². The van der Waals surface area contributed by atoms with E-state index in [9.17, 15) is 14.4 Å². The van der Waals surface area contributed by atoms with Gasteiger partial charge in [-0.1, -0.05) is 48.5 Å². The number of rotatable bonds is 6. The number of amides is 4. The highest BCUT2D eigenvalue weighted by atomic mass is 16.2. The van der Waals surface area contributed by atoms with E-state index in [1.165, 1.54) is 0 Å². The maximum Gasteiger partial charge on any atom is 0.317 e. The molecule has 4 amide bonds. The predicted octanol–water partition coefficient (Wildman–Crippen LogP) is 2.42. The molecule has 0 radical (unpaired) electrons. The monoisotopic (exact) mass is 408 g/mol. The molecule has 2 N–H and O–H groups in total. The Bertz CT molecular complexity index is 849. The molecule has 1 fully saturated rings. The van der Waals surface area contributed by atoms with Gasteiger partial charge in [0, 0.05) is 38.3 Å². The molecule has 0 aromatic heterocycles. The summed E-state index contributed by atoms with van der Waals surface area (Å²) in [6, 6.07) is 18.0. The van der Waals surface area contributed by atoms with E-state index >= 15 is 0 Å². The molecule has 1 atom stereocenters. The molecule has 1 saturated heterocycles. The summed E-state index contributed by atoms with van der Waals surface area (Å²) in [5, 5.41) is 5.79. The smallest absolute Gasteiger partial charge is 0.317 e. The van der Waals surface area contributed by atoms with Gasteiger partial charge in [-0.2, -0.15) is 0 Å². The van der Waals surface area contributed by atoms with E-state index in [1.54, 1.807) is 21.9 Å². The van der Waals surface area contributed by atoms with Gasteiger partial charge in [0.15, 0.2) is 0 Å². The Hall–Kier alpha value is -3.35. The third-order valence-electron chi connectivity index (χ3n) is 5.17. The molecule has 158 valence electrons. The first-order valence-electron chi connectivity index (χ1n) is 10.3. The zero-order valence-electron chi connectivity index (χ0n) is 17.2. The van der Waals surface area contributed by atoms with Crippen molar-refractivity contribution < 1.29 is 14.4 Å². The van der Waals surface area contributed by atoms with E-state index in [0.717, 1.165) is 5.56 Å². The van der Waals surface area contributed by atoms with Crippen LogP contribution in [0.2, 0.25) is 0 Å². The highest BCUT2D eigenvalue weighted by molar-refractivity contribution is 5.94. The molecule has 0 spiro atoms. The predicted molar refractivity (Wildman–Crippen MR) is 115 cm³/mol. The quantitative estimate of drug-likeness (QED) is 0.770. The SMILES string of the molecule is CCNC(=O)N1CCN(C(=O)CC(NC(=O)c2ccccc2)c2ccccc2)CC1. The Morgan fingerprint density at radius 2 is 1.43 bits per heavy atom. The molecule has 30 heavy (non-hydrogen) atoms. The number of piperazine rings is 1. The fourth-order valence-corrected chi connectivity index (χ4v) is 3.49. The van der Waals surface area contributed by atoms with Crippen LogP contribution < -0.4 is 10.6 Å². The summed E-state index contributed by atoms with van der Waals surface area (Å²) in [6.45, 7) is 4.45. The zero-order valence-corrected chi connectivity index (χ0v) is 17.2. The number of carbonyl (C=O) groups is 3. The summed E-state index contributed by atoms with van der Waals surface area (Å²) in [5.74, 6) is -0.244. The van der Waals surface area contributed by atoms with Crippen LogP contribution in [-0.4, -0.2) is 60.4 Å². The highest BCUT2D eigenvalue weighted by Crippen LogP contribution is 2.19. The Morgan fingerprint density at radius 3 is 2.03 bits per heavy atom. The molecule has 1 heterocycles. The molecule has 1 aliphatic rings. The molecule has 2 aromatic carbocycles. The van der Waals surface area contributed by atoms with Crippen LogP contribution in [0.15, 0.2) is 60.7 Å². The van der Waals surface area contributed by atoms with Crippen molar-refractivity contribution in [3.05, 3.63) is 71.8 Å². The minimum absolute atomic E-state index is 0.0345. The summed E-state index contributed by atoms with van der Waals surface area (Å²) in [5.41, 5.74) is 1.44. The van der Waals surface area contributed by atoms with E-state index in [-0.39, 0.29) is 24.3 Å². The van der Waals surface area contributed by atoms with Crippen molar-refractivity contribution in [1.29, 1.82) is 0 Å². The molecule has 0 aliphatic carbocycles. The second-order valence-electron chi connectivity index (χ2n) is 7.21. The molecule has 7 heteroatoms. The van der Waals surface area contributed by atoms with Gasteiger partial charge in [0.05, 0.1) is 12.5 Å². The number of carbonyl (C=O) groups excluding carboxylic acids is 3. The van der Waals surface area contributed by atoms with Gasteiger partial charge in [-0.05, 0) is 24.6 Å². The summed E-state index contributed by atoms with van der Waals surface area (Å²) in [7, 11) is 0. The average Bonchev–Trinajstić information content (AvgIpc) is 2.80. The Morgan fingerprint density at radius 1 is 0.867 bits per heavy atom. The molecule has 7 nitrogen and oxygen atoms in total. The first-order valence-corrected chi connectivity index (χ1v) is 10.3. The van der Waals surface area contributed by atoms with Crippen molar-refractivity contribution in [2.45, 2.75) is 19.4 Å². The minimum Gasteiger partial charge on any atom is -0.345 e. The number of nitrogens with one attached hydrogen (secondary N) is 2. The van der Waals surface area contributed by atoms with Crippen molar-refractivity contribution in [2.75, 3.05) is 32.7 Å². The second kappa shape index (κ2) is 10.4. The molecular weight excluding hydrogens is 380 g/mol. The van der Waals surface area contributed by atoms with E-state index in [1.807, 2.05) is 55.5 Å². The van der Waals surface area contributed by atoms with Gasteiger partial charge in [0.2, 0.25) is 5.91 Å².